The fraction of sp³-hybridized carbons (Fsp3) is 0.304. The highest BCUT2D eigenvalue weighted by atomic mass is 35.5. The molecule has 17 nitrogen and oxygen atoms in total. The first-order valence-corrected chi connectivity index (χ1v) is 25.5. The number of pyridine rings is 2. The van der Waals surface area contributed by atoms with Crippen LogP contribution in [0.2, 0.25) is 5.02 Å². The number of nitrogens with one attached hydrogen (secondary N) is 4. The minimum atomic E-state index is -2.10. The normalized spacial score (nSPS) is 23.5. The first-order valence-electron chi connectivity index (χ1n) is 24.3. The summed E-state index contributed by atoms with van der Waals surface area (Å²) in [4.78, 5) is 49.2. The molecule has 2 saturated heterocycles. The number of anilines is 2. The summed E-state index contributed by atoms with van der Waals surface area (Å²) >= 11 is 16.4. The second kappa shape index (κ2) is 25.5. The van der Waals surface area contributed by atoms with Gasteiger partial charge in [-0.05, 0) is 97.7 Å². The van der Waals surface area contributed by atoms with Crippen LogP contribution < -0.4 is 21.3 Å². The number of aromatic nitrogens is 2. The molecule has 0 spiro atoms. The van der Waals surface area contributed by atoms with E-state index >= 15 is 0 Å². The zero-order valence-electron chi connectivity index (χ0n) is 41.8. The molecule has 2 fully saturated rings. The van der Waals surface area contributed by atoms with E-state index in [0.29, 0.717) is 39.9 Å². The minimum absolute atomic E-state index is 0.0885. The molecule has 76 heavy (non-hydrogen) atoms. The third-order valence-corrected chi connectivity index (χ3v) is 14.6. The van der Waals surface area contributed by atoms with Crippen molar-refractivity contribution in [3.63, 3.8) is 0 Å². The quantitative estimate of drug-likeness (QED) is 0.0340. The summed E-state index contributed by atoms with van der Waals surface area (Å²) in [5.41, 5.74) is -1.49. The van der Waals surface area contributed by atoms with Crippen molar-refractivity contribution in [1.29, 1.82) is 0 Å². The number of ether oxygens (including phenoxy) is 2. The number of nitrogens with zero attached hydrogens (tertiary/aromatic N) is 3. The molecule has 20 heteroatoms. The fourth-order valence-electron chi connectivity index (χ4n) is 8.77. The Morgan fingerprint density at radius 2 is 1.49 bits per heavy atom. The van der Waals surface area contributed by atoms with Gasteiger partial charge in [0.05, 0.1) is 49.2 Å². The zero-order valence-corrected chi connectivity index (χ0v) is 44.2. The molecule has 0 aliphatic carbocycles. The van der Waals surface area contributed by atoms with Gasteiger partial charge in [-0.15, -0.1) is 0 Å². The highest BCUT2D eigenvalue weighted by molar-refractivity contribution is 7.80. The van der Waals surface area contributed by atoms with E-state index in [9.17, 15) is 39.9 Å². The molecule has 6 unspecified atom stereocenters. The molecule has 6 aromatic rings. The summed E-state index contributed by atoms with van der Waals surface area (Å²) in [5, 5.41) is 67.2. The highest BCUT2D eigenvalue weighted by Gasteiger charge is 2.65. The maximum Gasteiger partial charge on any atom is 0.248 e. The van der Waals surface area contributed by atoms with Gasteiger partial charge in [0.1, 0.15) is 28.7 Å². The summed E-state index contributed by atoms with van der Waals surface area (Å²) in [7, 11) is 0. The molecular weight excluding hydrogens is 1030 g/mol. The molecule has 0 saturated carbocycles. The van der Waals surface area contributed by atoms with Crippen molar-refractivity contribution in [2.75, 3.05) is 23.8 Å². The SMILES string of the molecule is CC1(CO)OC(OCCC(=O)Nc2ccccc2[C@H](Nc2ccccn2)[C@@H](c2ccccn2)[C@@H](O)c2ccccc2)C(O)C(C)(O)C1(C)O.O=C1NC(=S)N(Cc2ccccc2)C(=O)C1C(=S)NCc1ccc(Cl)cc1. The van der Waals surface area contributed by atoms with E-state index in [0.717, 1.165) is 11.1 Å². The highest BCUT2D eigenvalue weighted by Crippen LogP contribution is 2.45. The summed E-state index contributed by atoms with van der Waals surface area (Å²) < 4.78 is 11.4. The van der Waals surface area contributed by atoms with Gasteiger partial charge >= 0.3 is 0 Å². The van der Waals surface area contributed by atoms with Gasteiger partial charge in [-0.3, -0.25) is 24.3 Å². The maximum absolute atomic E-state index is 13.4. The monoisotopic (exact) mass is 1090 g/mol. The molecule has 4 heterocycles. The topological polar surface area (TPSA) is 248 Å². The number of aliphatic hydroxyl groups is 5. The van der Waals surface area contributed by atoms with Crippen LogP contribution in [0.4, 0.5) is 11.5 Å². The van der Waals surface area contributed by atoms with E-state index < -0.39 is 77.5 Å². The van der Waals surface area contributed by atoms with Crippen LogP contribution >= 0.6 is 36.0 Å². The molecular formula is C56H60ClN7O10S2. The second-order valence-electron chi connectivity index (χ2n) is 18.8. The van der Waals surface area contributed by atoms with Crippen LogP contribution in [0.1, 0.15) is 73.2 Å². The summed E-state index contributed by atoms with van der Waals surface area (Å²) in [5.74, 6) is -2.55. The van der Waals surface area contributed by atoms with Crippen molar-refractivity contribution in [2.45, 2.75) is 87.5 Å². The van der Waals surface area contributed by atoms with Gasteiger partial charge < -0.3 is 56.3 Å². The number of thiocarbonyl (C=S) groups is 2. The van der Waals surface area contributed by atoms with Crippen molar-refractivity contribution < 1.29 is 49.4 Å². The Labute approximate surface area is 456 Å². The van der Waals surface area contributed by atoms with Crippen LogP contribution in [0.3, 0.4) is 0 Å². The van der Waals surface area contributed by atoms with Crippen LogP contribution in [-0.4, -0.2) is 111 Å². The Bertz CT molecular complexity index is 2930. The van der Waals surface area contributed by atoms with Crippen molar-refractivity contribution >= 4 is 75.4 Å². The zero-order chi connectivity index (χ0) is 54.6. The number of benzene rings is 4. The lowest BCUT2D eigenvalue weighted by atomic mass is 9.69. The number of aliphatic hydroxyl groups excluding tert-OH is 3. The molecule has 2 aromatic heterocycles. The lowest BCUT2D eigenvalue weighted by Gasteiger charge is -2.57. The van der Waals surface area contributed by atoms with Gasteiger partial charge in [0.2, 0.25) is 17.7 Å². The number of carbonyl (C=O) groups excluding carboxylic acids is 3. The van der Waals surface area contributed by atoms with Crippen molar-refractivity contribution in [2.24, 2.45) is 5.92 Å². The van der Waals surface area contributed by atoms with Crippen LogP contribution in [-0.2, 0) is 36.9 Å². The van der Waals surface area contributed by atoms with Gasteiger partial charge in [0, 0.05) is 35.3 Å². The molecule has 9 N–H and O–H groups in total. The van der Waals surface area contributed by atoms with Crippen LogP contribution in [0.15, 0.2) is 158 Å². The van der Waals surface area contributed by atoms with Gasteiger partial charge in [-0.25, -0.2) is 4.98 Å². The van der Waals surface area contributed by atoms with E-state index in [2.05, 4.69) is 31.2 Å². The fourth-order valence-corrected chi connectivity index (χ4v) is 9.43. The van der Waals surface area contributed by atoms with Gasteiger partial charge in [-0.2, -0.15) is 0 Å². The van der Waals surface area contributed by atoms with Crippen LogP contribution in [0, 0.1) is 5.92 Å². The predicted molar refractivity (Wildman–Crippen MR) is 294 cm³/mol. The number of carbonyl (C=O) groups is 3. The molecule has 8 rings (SSSR count). The lowest BCUT2D eigenvalue weighted by molar-refractivity contribution is -0.387. The first kappa shape index (κ1) is 57.1. The Hall–Kier alpha value is -6.62. The largest absolute Gasteiger partial charge is 0.393 e. The number of rotatable bonds is 18. The molecule has 2 aliphatic rings. The predicted octanol–water partition coefficient (Wildman–Crippen LogP) is 6.28. The molecule has 4 aromatic carbocycles. The molecule has 2 aliphatic heterocycles. The average Bonchev–Trinajstić information content (AvgIpc) is 3.44. The average molecular weight is 1090 g/mol. The van der Waals surface area contributed by atoms with Gasteiger partial charge in [0.15, 0.2) is 17.3 Å². The van der Waals surface area contributed by atoms with Crippen molar-refractivity contribution in [3.8, 4) is 0 Å². The van der Waals surface area contributed by atoms with Gasteiger partial charge in [-0.1, -0.05) is 127 Å². The molecule has 0 bridgehead atoms. The molecule has 398 valence electrons. The number of hydrogen-bond acceptors (Lipinski definition) is 15. The molecule has 0 radical (unpaired) electrons. The third kappa shape index (κ3) is 13.3. The van der Waals surface area contributed by atoms with Crippen LogP contribution in [0.5, 0.6) is 0 Å². The second-order valence-corrected chi connectivity index (χ2v) is 20.0. The van der Waals surface area contributed by atoms with Crippen molar-refractivity contribution in [3.05, 3.63) is 191 Å². The number of para-hydroxylation sites is 1. The summed E-state index contributed by atoms with van der Waals surface area (Å²) in [6.45, 7) is 3.68. The minimum Gasteiger partial charge on any atom is -0.393 e. The van der Waals surface area contributed by atoms with E-state index in [4.69, 9.17) is 45.5 Å². The first-order chi connectivity index (χ1) is 36.3. The number of hydrogen-bond donors (Lipinski definition) is 9. The Morgan fingerprint density at radius 1 is 0.855 bits per heavy atom. The number of amides is 3. The lowest BCUT2D eigenvalue weighted by Crippen LogP contribution is -2.77. The van der Waals surface area contributed by atoms with E-state index in [1.165, 1.54) is 25.7 Å². The molecule has 3 amide bonds. The Morgan fingerprint density at radius 3 is 2.13 bits per heavy atom. The van der Waals surface area contributed by atoms with Gasteiger partial charge in [0.25, 0.3) is 0 Å². The van der Waals surface area contributed by atoms with Crippen LogP contribution in [0.25, 0.3) is 0 Å². The standard InChI is InChI=1S/C37H44N4O8.C19H16ClN3O2S2/c1-35(23-42)37(3,47)36(2,46)33(45)34(49-35)48-22-19-29(43)40-26-16-8-7-15-25(26)31(41-28-18-10-12-21-39-28)30(27-17-9-11-20-38-27)32(44)24-13-5-4-6-14-24;20-14-8-6-12(7-9-14)10-21-17(26)15-16(24)22-19(27)23(18(15)25)11-13-4-2-1-3-5-13/h4-18,20-21,30-34,42,44-47H,19,22-23H2,1-3H3,(H,39,41)(H,40,43);1-9,15H,10-11H2,(H,21,26)(H,22,24,27)/t30-,31+,32+,33?,34?,35?,36?,37?;/m1./s1. The summed E-state index contributed by atoms with van der Waals surface area (Å²) in [6.07, 6.45) is -0.945. The number of halogens is 1. The Balaban J connectivity index is 0.000000262. The molecule has 9 atom stereocenters. The van der Waals surface area contributed by atoms with E-state index in [-0.39, 0.29) is 29.7 Å². The summed E-state index contributed by atoms with van der Waals surface area (Å²) in [6, 6.07) is 43.5. The van der Waals surface area contributed by atoms with E-state index in [1.807, 2.05) is 109 Å². The third-order valence-electron chi connectivity index (χ3n) is 13.6. The Kier molecular flexibility index (Phi) is 19.1. The maximum atomic E-state index is 13.4. The smallest absolute Gasteiger partial charge is 0.248 e. The van der Waals surface area contributed by atoms with E-state index in [1.54, 1.807) is 48.8 Å². The van der Waals surface area contributed by atoms with Crippen molar-refractivity contribution in [1.82, 2.24) is 25.5 Å².